The fourth-order valence-electron chi connectivity index (χ4n) is 4.28. The highest BCUT2D eigenvalue weighted by Gasteiger charge is 2.31. The lowest BCUT2D eigenvalue weighted by Gasteiger charge is -2.33. The van der Waals surface area contributed by atoms with Crippen molar-refractivity contribution in [3.63, 3.8) is 0 Å². The maximum absolute atomic E-state index is 12.7. The van der Waals surface area contributed by atoms with Gasteiger partial charge in [0.15, 0.2) is 5.65 Å². The monoisotopic (exact) mass is 471 g/mol. The molecule has 0 spiro atoms. The summed E-state index contributed by atoms with van der Waals surface area (Å²) in [6.45, 7) is 4.96. The summed E-state index contributed by atoms with van der Waals surface area (Å²) in [5.41, 5.74) is 2.71. The maximum atomic E-state index is 12.7. The van der Waals surface area contributed by atoms with Gasteiger partial charge in [0.1, 0.15) is 17.5 Å². The highest BCUT2D eigenvalue weighted by Crippen LogP contribution is 2.30. The molecule has 0 aliphatic carbocycles. The molecule has 3 aromatic rings. The SMILES string of the molecule is Cc1nc2c(C#N)cnn2c(C)c1CCC(=O)NC1CCN(c2ccc(C(F)(F)F)cn2)CC1. The van der Waals surface area contributed by atoms with E-state index in [9.17, 15) is 23.2 Å². The Kier molecular flexibility index (Phi) is 6.41. The summed E-state index contributed by atoms with van der Waals surface area (Å²) in [6, 6.07) is 4.51. The number of piperidine rings is 1. The highest BCUT2D eigenvalue weighted by molar-refractivity contribution is 5.76. The van der Waals surface area contributed by atoms with E-state index in [0.29, 0.717) is 55.8 Å². The van der Waals surface area contributed by atoms with Gasteiger partial charge in [-0.15, -0.1) is 0 Å². The number of nitrogens with zero attached hydrogens (tertiary/aromatic N) is 6. The van der Waals surface area contributed by atoms with Gasteiger partial charge in [0.2, 0.25) is 5.91 Å². The average molecular weight is 471 g/mol. The predicted molar refractivity (Wildman–Crippen MR) is 118 cm³/mol. The largest absolute Gasteiger partial charge is 0.417 e. The van der Waals surface area contributed by atoms with Gasteiger partial charge in [0.05, 0.1) is 11.8 Å². The summed E-state index contributed by atoms with van der Waals surface area (Å²) in [7, 11) is 0. The Hall–Kier alpha value is -3.68. The molecule has 1 aliphatic heterocycles. The molecule has 178 valence electrons. The van der Waals surface area contributed by atoms with Crippen LogP contribution >= 0.6 is 0 Å². The second kappa shape index (κ2) is 9.29. The smallest absolute Gasteiger partial charge is 0.356 e. The first-order valence-electron chi connectivity index (χ1n) is 11.0. The lowest BCUT2D eigenvalue weighted by atomic mass is 10.0. The molecular weight excluding hydrogens is 447 g/mol. The fourth-order valence-corrected chi connectivity index (χ4v) is 4.28. The van der Waals surface area contributed by atoms with E-state index >= 15 is 0 Å². The molecule has 1 aliphatic rings. The standard InChI is InChI=1S/C23H24F3N7O/c1-14-19(15(2)33-22(30-14)16(11-27)12-29-33)4-6-21(34)31-18-7-9-32(10-8-18)20-5-3-17(13-28-20)23(24,25)26/h3,5,12-13,18H,4,6-10H2,1-2H3,(H,31,34). The lowest BCUT2D eigenvalue weighted by Crippen LogP contribution is -2.45. The van der Waals surface area contributed by atoms with Crippen LogP contribution < -0.4 is 10.2 Å². The average Bonchev–Trinajstić information content (AvgIpc) is 3.22. The molecule has 1 amide bonds. The minimum Gasteiger partial charge on any atom is -0.356 e. The van der Waals surface area contributed by atoms with E-state index in [1.165, 1.54) is 12.3 Å². The van der Waals surface area contributed by atoms with Crippen molar-refractivity contribution >= 4 is 17.4 Å². The van der Waals surface area contributed by atoms with E-state index in [4.69, 9.17) is 0 Å². The van der Waals surface area contributed by atoms with E-state index in [1.54, 1.807) is 4.52 Å². The number of aryl methyl sites for hydroxylation is 2. The molecule has 34 heavy (non-hydrogen) atoms. The number of carbonyl (C=O) groups is 1. The summed E-state index contributed by atoms with van der Waals surface area (Å²) in [4.78, 5) is 22.9. The number of rotatable bonds is 5. The second-order valence-corrected chi connectivity index (χ2v) is 8.40. The molecule has 0 radical (unpaired) electrons. The zero-order valence-electron chi connectivity index (χ0n) is 18.9. The van der Waals surface area contributed by atoms with E-state index in [-0.39, 0.29) is 11.9 Å². The topological polar surface area (TPSA) is 99.2 Å². The van der Waals surface area contributed by atoms with Gasteiger partial charge in [-0.3, -0.25) is 4.79 Å². The quantitative estimate of drug-likeness (QED) is 0.613. The number of carbonyl (C=O) groups excluding carboxylic acids is 1. The number of hydrogen-bond donors (Lipinski definition) is 1. The van der Waals surface area contributed by atoms with Crippen molar-refractivity contribution in [2.24, 2.45) is 0 Å². The minimum atomic E-state index is -4.40. The van der Waals surface area contributed by atoms with Crippen LogP contribution in [0.5, 0.6) is 0 Å². The number of hydrogen-bond acceptors (Lipinski definition) is 6. The fraction of sp³-hybridized carbons (Fsp3) is 0.435. The van der Waals surface area contributed by atoms with Gasteiger partial charge >= 0.3 is 6.18 Å². The third kappa shape index (κ3) is 4.81. The molecular formula is C23H24F3N7O. The molecule has 1 saturated heterocycles. The number of alkyl halides is 3. The molecule has 0 unspecified atom stereocenters. The normalized spacial score (nSPS) is 14.9. The van der Waals surface area contributed by atoms with Crippen molar-refractivity contribution < 1.29 is 18.0 Å². The molecule has 1 N–H and O–H groups in total. The first-order valence-corrected chi connectivity index (χ1v) is 11.0. The van der Waals surface area contributed by atoms with Gasteiger partial charge in [-0.25, -0.2) is 14.5 Å². The van der Waals surface area contributed by atoms with Crippen LogP contribution in [0.1, 0.15) is 47.3 Å². The van der Waals surface area contributed by atoms with E-state index in [0.717, 1.165) is 29.2 Å². The van der Waals surface area contributed by atoms with Crippen molar-refractivity contribution in [2.45, 2.75) is 51.7 Å². The van der Waals surface area contributed by atoms with Crippen LogP contribution in [0.25, 0.3) is 5.65 Å². The molecule has 0 bridgehead atoms. The summed E-state index contributed by atoms with van der Waals surface area (Å²) in [6.07, 6.45) is 0.0974. The van der Waals surface area contributed by atoms with Gasteiger partial charge in [0.25, 0.3) is 0 Å². The summed E-state index contributed by atoms with van der Waals surface area (Å²) in [5.74, 6) is 0.438. The van der Waals surface area contributed by atoms with Crippen LogP contribution in [0.4, 0.5) is 19.0 Å². The number of anilines is 1. The van der Waals surface area contributed by atoms with Gasteiger partial charge < -0.3 is 10.2 Å². The highest BCUT2D eigenvalue weighted by atomic mass is 19.4. The van der Waals surface area contributed by atoms with Crippen LogP contribution in [0.3, 0.4) is 0 Å². The van der Waals surface area contributed by atoms with Crippen molar-refractivity contribution in [3.05, 3.63) is 52.6 Å². The van der Waals surface area contributed by atoms with E-state index in [2.05, 4.69) is 26.5 Å². The van der Waals surface area contributed by atoms with Crippen LogP contribution in [0.15, 0.2) is 24.5 Å². The Labute approximate surface area is 194 Å². The van der Waals surface area contributed by atoms with Crippen LogP contribution in [-0.2, 0) is 17.4 Å². The van der Waals surface area contributed by atoms with E-state index in [1.807, 2.05) is 18.7 Å². The van der Waals surface area contributed by atoms with Crippen molar-refractivity contribution in [1.29, 1.82) is 5.26 Å². The van der Waals surface area contributed by atoms with E-state index < -0.39 is 11.7 Å². The summed E-state index contributed by atoms with van der Waals surface area (Å²) in [5, 5.41) is 16.5. The molecule has 8 nitrogen and oxygen atoms in total. The molecule has 0 atom stereocenters. The summed E-state index contributed by atoms with van der Waals surface area (Å²) >= 11 is 0. The molecule has 1 fully saturated rings. The van der Waals surface area contributed by atoms with Crippen molar-refractivity contribution in [3.8, 4) is 6.07 Å². The predicted octanol–water partition coefficient (Wildman–Crippen LogP) is 3.35. The first-order chi connectivity index (χ1) is 16.2. The summed E-state index contributed by atoms with van der Waals surface area (Å²) < 4.78 is 39.8. The third-order valence-electron chi connectivity index (χ3n) is 6.19. The van der Waals surface area contributed by atoms with Crippen LogP contribution in [-0.4, -0.2) is 44.6 Å². The Morgan fingerprint density at radius 3 is 2.59 bits per heavy atom. The molecule has 11 heteroatoms. The first kappa shape index (κ1) is 23.5. The molecule has 4 heterocycles. The Bertz CT molecular complexity index is 1240. The number of aromatic nitrogens is 4. The van der Waals surface area contributed by atoms with Crippen molar-refractivity contribution in [1.82, 2.24) is 24.9 Å². The molecule has 0 aromatic carbocycles. The van der Waals surface area contributed by atoms with Gasteiger partial charge in [0, 0.05) is 43.1 Å². The minimum absolute atomic E-state index is 0.00491. The van der Waals surface area contributed by atoms with Gasteiger partial charge in [-0.2, -0.15) is 23.5 Å². The second-order valence-electron chi connectivity index (χ2n) is 8.40. The Balaban J connectivity index is 1.30. The lowest BCUT2D eigenvalue weighted by molar-refractivity contribution is -0.137. The molecule has 4 rings (SSSR count). The third-order valence-corrected chi connectivity index (χ3v) is 6.19. The van der Waals surface area contributed by atoms with Crippen LogP contribution in [0, 0.1) is 25.2 Å². The number of nitriles is 1. The number of amides is 1. The Morgan fingerprint density at radius 2 is 1.97 bits per heavy atom. The zero-order chi connectivity index (χ0) is 24.5. The molecule has 0 saturated carbocycles. The molecule has 3 aromatic heterocycles. The number of fused-ring (bicyclic) bond motifs is 1. The van der Waals surface area contributed by atoms with Crippen LogP contribution in [0.2, 0.25) is 0 Å². The Morgan fingerprint density at radius 1 is 1.24 bits per heavy atom. The maximum Gasteiger partial charge on any atom is 0.417 e. The number of pyridine rings is 1. The number of halogens is 3. The zero-order valence-corrected chi connectivity index (χ0v) is 18.9. The van der Waals surface area contributed by atoms with Crippen molar-refractivity contribution in [2.75, 3.05) is 18.0 Å². The van der Waals surface area contributed by atoms with Gasteiger partial charge in [-0.05, 0) is 50.8 Å². The number of nitrogens with one attached hydrogen (secondary N) is 1. The van der Waals surface area contributed by atoms with Gasteiger partial charge in [-0.1, -0.05) is 0 Å².